The number of aromatic nitrogens is 2. The maximum Gasteiger partial charge on any atom is 0.319 e. The normalized spacial score (nSPS) is 13.4. The lowest BCUT2D eigenvalue weighted by molar-refractivity contribution is 0.204. The molecule has 0 spiro atoms. The zero-order chi connectivity index (χ0) is 17.0. The van der Waals surface area contributed by atoms with E-state index in [1.165, 1.54) is 10.7 Å². The standard InChI is InChI=1S/C16H21FN4O2/c1-10-7-18-21(8-10)15-5-4-13(6-14(15)17)20-16(23)19-12(3)11(2)9-22/h4-8,11-12,22H,9H2,1-3H3,(H2,19,20,23). The number of hydrogen-bond acceptors (Lipinski definition) is 3. The maximum absolute atomic E-state index is 14.2. The smallest absolute Gasteiger partial charge is 0.319 e. The molecule has 1 aromatic heterocycles. The molecule has 124 valence electrons. The lowest BCUT2D eigenvalue weighted by atomic mass is 10.1. The Bertz CT molecular complexity index is 686. The lowest BCUT2D eigenvalue weighted by Gasteiger charge is -2.19. The van der Waals surface area contributed by atoms with Crippen molar-refractivity contribution in [3.8, 4) is 5.69 Å². The summed E-state index contributed by atoms with van der Waals surface area (Å²) in [7, 11) is 0. The van der Waals surface area contributed by atoms with E-state index >= 15 is 0 Å². The van der Waals surface area contributed by atoms with Gasteiger partial charge in [-0.3, -0.25) is 0 Å². The summed E-state index contributed by atoms with van der Waals surface area (Å²) < 4.78 is 15.6. The van der Waals surface area contributed by atoms with Gasteiger partial charge < -0.3 is 15.7 Å². The Kier molecular flexibility index (Phi) is 5.33. The van der Waals surface area contributed by atoms with Crippen molar-refractivity contribution in [3.63, 3.8) is 0 Å². The molecule has 2 amide bonds. The summed E-state index contributed by atoms with van der Waals surface area (Å²) in [4.78, 5) is 11.9. The monoisotopic (exact) mass is 320 g/mol. The number of aliphatic hydroxyl groups is 1. The zero-order valence-corrected chi connectivity index (χ0v) is 13.4. The number of nitrogens with zero attached hydrogens (tertiary/aromatic N) is 2. The lowest BCUT2D eigenvalue weighted by Crippen LogP contribution is -2.40. The summed E-state index contributed by atoms with van der Waals surface area (Å²) >= 11 is 0. The fourth-order valence-corrected chi connectivity index (χ4v) is 1.99. The largest absolute Gasteiger partial charge is 0.396 e. The predicted octanol–water partition coefficient (Wildman–Crippen LogP) is 2.46. The summed E-state index contributed by atoms with van der Waals surface area (Å²) in [5.74, 6) is -0.550. The van der Waals surface area contributed by atoms with E-state index in [4.69, 9.17) is 5.11 Å². The first-order valence-electron chi connectivity index (χ1n) is 7.40. The highest BCUT2D eigenvalue weighted by Crippen LogP contribution is 2.18. The van der Waals surface area contributed by atoms with Crippen LogP contribution in [0.1, 0.15) is 19.4 Å². The SMILES string of the molecule is Cc1cnn(-c2ccc(NC(=O)NC(C)C(C)CO)cc2F)c1. The van der Waals surface area contributed by atoms with Crippen LogP contribution in [0.3, 0.4) is 0 Å². The van der Waals surface area contributed by atoms with Crippen LogP contribution in [0.15, 0.2) is 30.6 Å². The van der Waals surface area contributed by atoms with Gasteiger partial charge in [-0.2, -0.15) is 5.10 Å². The van der Waals surface area contributed by atoms with E-state index in [9.17, 15) is 9.18 Å². The number of aliphatic hydroxyl groups excluding tert-OH is 1. The number of anilines is 1. The molecule has 0 saturated carbocycles. The second kappa shape index (κ2) is 7.23. The molecule has 6 nitrogen and oxygen atoms in total. The Morgan fingerprint density at radius 1 is 1.43 bits per heavy atom. The zero-order valence-electron chi connectivity index (χ0n) is 13.4. The second-order valence-electron chi connectivity index (χ2n) is 5.68. The fraction of sp³-hybridized carbons (Fsp3) is 0.375. The van der Waals surface area contributed by atoms with Crippen LogP contribution in [0, 0.1) is 18.7 Å². The van der Waals surface area contributed by atoms with Gasteiger partial charge in [0.1, 0.15) is 5.69 Å². The third-order valence-electron chi connectivity index (χ3n) is 3.66. The van der Waals surface area contributed by atoms with Gasteiger partial charge in [-0.15, -0.1) is 0 Å². The Morgan fingerprint density at radius 2 is 2.17 bits per heavy atom. The van der Waals surface area contributed by atoms with E-state index in [-0.39, 0.29) is 18.6 Å². The van der Waals surface area contributed by atoms with Gasteiger partial charge in [0.2, 0.25) is 0 Å². The van der Waals surface area contributed by atoms with Gasteiger partial charge in [-0.1, -0.05) is 6.92 Å². The molecule has 23 heavy (non-hydrogen) atoms. The quantitative estimate of drug-likeness (QED) is 0.792. The number of carbonyl (C=O) groups is 1. The molecule has 0 saturated heterocycles. The topological polar surface area (TPSA) is 79.2 Å². The molecule has 0 radical (unpaired) electrons. The highest BCUT2D eigenvalue weighted by atomic mass is 19.1. The van der Waals surface area contributed by atoms with E-state index < -0.39 is 11.8 Å². The molecule has 0 aliphatic heterocycles. The molecule has 0 bridgehead atoms. The molecule has 1 heterocycles. The van der Waals surface area contributed by atoms with Gasteiger partial charge in [-0.25, -0.2) is 13.9 Å². The van der Waals surface area contributed by atoms with Gasteiger partial charge in [0.05, 0.1) is 6.20 Å². The minimum absolute atomic E-state index is 0.0198. The van der Waals surface area contributed by atoms with Crippen LogP contribution >= 0.6 is 0 Å². The molecule has 2 aromatic rings. The highest BCUT2D eigenvalue weighted by molar-refractivity contribution is 5.89. The molecule has 2 unspecified atom stereocenters. The van der Waals surface area contributed by atoms with Crippen LogP contribution in [0.5, 0.6) is 0 Å². The number of urea groups is 1. The van der Waals surface area contributed by atoms with E-state index in [0.717, 1.165) is 5.56 Å². The molecule has 3 N–H and O–H groups in total. The average molecular weight is 320 g/mol. The maximum atomic E-state index is 14.2. The highest BCUT2D eigenvalue weighted by Gasteiger charge is 2.14. The summed E-state index contributed by atoms with van der Waals surface area (Å²) in [6.07, 6.45) is 3.36. The average Bonchev–Trinajstić information content (AvgIpc) is 2.92. The third-order valence-corrected chi connectivity index (χ3v) is 3.66. The number of nitrogens with one attached hydrogen (secondary N) is 2. The van der Waals surface area contributed by atoms with Crippen molar-refractivity contribution in [1.29, 1.82) is 0 Å². The second-order valence-corrected chi connectivity index (χ2v) is 5.68. The Labute approximate surface area is 134 Å². The van der Waals surface area contributed by atoms with Crippen molar-refractivity contribution in [3.05, 3.63) is 42.0 Å². The molecule has 7 heteroatoms. The van der Waals surface area contributed by atoms with Crippen molar-refractivity contribution in [1.82, 2.24) is 15.1 Å². The molecule has 0 aliphatic rings. The van der Waals surface area contributed by atoms with Crippen molar-refractivity contribution in [2.24, 2.45) is 5.92 Å². The van der Waals surface area contributed by atoms with Gasteiger partial charge in [0.15, 0.2) is 5.82 Å². The Balaban J connectivity index is 2.04. The fourth-order valence-electron chi connectivity index (χ4n) is 1.99. The number of halogens is 1. The summed E-state index contributed by atoms with van der Waals surface area (Å²) in [5, 5.41) is 18.4. The minimum Gasteiger partial charge on any atom is -0.396 e. The predicted molar refractivity (Wildman–Crippen MR) is 86.1 cm³/mol. The number of benzene rings is 1. The van der Waals surface area contributed by atoms with Crippen molar-refractivity contribution in [2.45, 2.75) is 26.8 Å². The van der Waals surface area contributed by atoms with Crippen molar-refractivity contribution >= 4 is 11.7 Å². The third kappa shape index (κ3) is 4.29. The molecule has 1 aromatic carbocycles. The number of amides is 2. The molecule has 0 aliphatic carbocycles. The summed E-state index contributed by atoms with van der Waals surface area (Å²) in [6.45, 7) is 5.47. The van der Waals surface area contributed by atoms with Crippen LogP contribution in [0.4, 0.5) is 14.9 Å². The Hall–Kier alpha value is -2.41. The van der Waals surface area contributed by atoms with E-state index in [0.29, 0.717) is 11.4 Å². The number of carbonyl (C=O) groups excluding carboxylic acids is 1. The van der Waals surface area contributed by atoms with Gasteiger partial charge in [0, 0.05) is 24.5 Å². The van der Waals surface area contributed by atoms with Crippen molar-refractivity contribution in [2.75, 3.05) is 11.9 Å². The van der Waals surface area contributed by atoms with E-state index in [2.05, 4.69) is 15.7 Å². The molecule has 2 rings (SSSR count). The van der Waals surface area contributed by atoms with Crippen LogP contribution in [-0.2, 0) is 0 Å². The van der Waals surface area contributed by atoms with Crippen LogP contribution in [0.25, 0.3) is 5.69 Å². The van der Waals surface area contributed by atoms with Gasteiger partial charge in [0.25, 0.3) is 0 Å². The number of hydrogen-bond donors (Lipinski definition) is 3. The van der Waals surface area contributed by atoms with Gasteiger partial charge in [-0.05, 0) is 43.5 Å². The van der Waals surface area contributed by atoms with E-state index in [1.807, 2.05) is 13.8 Å². The van der Waals surface area contributed by atoms with Gasteiger partial charge >= 0.3 is 6.03 Å². The minimum atomic E-state index is -0.484. The van der Waals surface area contributed by atoms with Crippen LogP contribution in [0.2, 0.25) is 0 Å². The first kappa shape index (κ1) is 17.0. The molecule has 0 fully saturated rings. The number of rotatable bonds is 5. The first-order valence-corrected chi connectivity index (χ1v) is 7.40. The van der Waals surface area contributed by atoms with E-state index in [1.54, 1.807) is 31.5 Å². The Morgan fingerprint density at radius 3 is 2.74 bits per heavy atom. The van der Waals surface area contributed by atoms with Crippen LogP contribution in [-0.4, -0.2) is 33.6 Å². The molecular weight excluding hydrogens is 299 g/mol. The number of aryl methyl sites for hydroxylation is 1. The molecular formula is C16H21FN4O2. The molecule has 2 atom stereocenters. The van der Waals surface area contributed by atoms with Crippen molar-refractivity contribution < 1.29 is 14.3 Å². The summed E-state index contributed by atoms with van der Waals surface area (Å²) in [6, 6.07) is 3.76. The van der Waals surface area contributed by atoms with Crippen LogP contribution < -0.4 is 10.6 Å². The summed E-state index contributed by atoms with van der Waals surface area (Å²) in [5.41, 5.74) is 1.58. The first-order chi connectivity index (χ1) is 10.9.